The van der Waals surface area contributed by atoms with Gasteiger partial charge in [-0.2, -0.15) is 9.97 Å². The lowest BCUT2D eigenvalue weighted by Crippen LogP contribution is -2.59. The third-order valence-electron chi connectivity index (χ3n) is 8.15. The zero-order valence-electron chi connectivity index (χ0n) is 22.1. The second-order valence-electron chi connectivity index (χ2n) is 11.7. The fourth-order valence-electron chi connectivity index (χ4n) is 5.86. The van der Waals surface area contributed by atoms with E-state index in [2.05, 4.69) is 25.2 Å². The Morgan fingerprint density at radius 1 is 1.19 bits per heavy atom. The van der Waals surface area contributed by atoms with Crippen LogP contribution in [0.25, 0.3) is 10.9 Å². The molecule has 4 heterocycles. The molecule has 37 heavy (non-hydrogen) atoms. The van der Waals surface area contributed by atoms with E-state index in [-0.39, 0.29) is 28.3 Å². The number of hydrogen-bond acceptors (Lipinski definition) is 8. The van der Waals surface area contributed by atoms with Gasteiger partial charge in [0, 0.05) is 19.8 Å². The predicted octanol–water partition coefficient (Wildman–Crippen LogP) is 5.03. The molecule has 1 amide bonds. The SMILES string of the molecule is CN(C(=O)OC(C)(C)C)C1(CNc2nc(OCC34CCCN3CCC4)nc3c(F)c(Cl)ncc23)CCC1. The number of halogens is 2. The van der Waals surface area contributed by atoms with Gasteiger partial charge in [0.1, 0.15) is 23.5 Å². The van der Waals surface area contributed by atoms with E-state index in [0.717, 1.165) is 58.0 Å². The van der Waals surface area contributed by atoms with Crippen molar-refractivity contribution in [3.05, 3.63) is 17.2 Å². The number of carbonyl (C=O) groups is 1. The Hall–Kier alpha value is -2.46. The highest BCUT2D eigenvalue weighted by molar-refractivity contribution is 6.30. The molecule has 0 bridgehead atoms. The van der Waals surface area contributed by atoms with Crippen molar-refractivity contribution in [2.24, 2.45) is 0 Å². The molecule has 2 saturated heterocycles. The van der Waals surface area contributed by atoms with E-state index in [1.165, 1.54) is 6.20 Å². The van der Waals surface area contributed by atoms with Crippen molar-refractivity contribution in [2.75, 3.05) is 38.6 Å². The lowest BCUT2D eigenvalue weighted by atomic mass is 9.75. The first-order valence-corrected chi connectivity index (χ1v) is 13.5. The lowest BCUT2D eigenvalue weighted by Gasteiger charge is -2.48. The number of nitrogens with one attached hydrogen (secondary N) is 1. The number of anilines is 1. The highest BCUT2D eigenvalue weighted by Crippen LogP contribution is 2.40. The van der Waals surface area contributed by atoms with Crippen molar-refractivity contribution in [1.29, 1.82) is 0 Å². The molecule has 1 aliphatic carbocycles. The van der Waals surface area contributed by atoms with Crippen LogP contribution in [-0.4, -0.2) is 80.8 Å². The van der Waals surface area contributed by atoms with E-state index in [9.17, 15) is 4.79 Å². The summed E-state index contributed by atoms with van der Waals surface area (Å²) in [7, 11) is 1.76. The van der Waals surface area contributed by atoms with Crippen LogP contribution >= 0.6 is 11.6 Å². The zero-order chi connectivity index (χ0) is 26.4. The van der Waals surface area contributed by atoms with Crippen molar-refractivity contribution < 1.29 is 18.7 Å². The molecule has 11 heteroatoms. The number of amides is 1. The highest BCUT2D eigenvalue weighted by Gasteiger charge is 2.46. The molecule has 2 aromatic rings. The summed E-state index contributed by atoms with van der Waals surface area (Å²) in [4.78, 5) is 29.9. The Morgan fingerprint density at radius 2 is 1.89 bits per heavy atom. The van der Waals surface area contributed by atoms with Gasteiger partial charge in [-0.3, -0.25) is 4.90 Å². The fraction of sp³-hybridized carbons (Fsp3) is 0.692. The van der Waals surface area contributed by atoms with E-state index in [0.29, 0.717) is 24.4 Å². The number of pyridine rings is 1. The van der Waals surface area contributed by atoms with Crippen molar-refractivity contribution >= 4 is 34.4 Å². The molecule has 1 saturated carbocycles. The van der Waals surface area contributed by atoms with Gasteiger partial charge < -0.3 is 19.7 Å². The molecule has 0 aromatic carbocycles. The van der Waals surface area contributed by atoms with Crippen molar-refractivity contribution in [3.63, 3.8) is 0 Å². The Labute approximate surface area is 222 Å². The van der Waals surface area contributed by atoms with Gasteiger partial charge in [0.15, 0.2) is 11.0 Å². The number of fused-ring (bicyclic) bond motifs is 2. The largest absolute Gasteiger partial charge is 0.461 e. The summed E-state index contributed by atoms with van der Waals surface area (Å²) in [5.74, 6) is -0.306. The highest BCUT2D eigenvalue weighted by atomic mass is 35.5. The molecule has 9 nitrogen and oxygen atoms in total. The molecular weight excluding hydrogens is 499 g/mol. The summed E-state index contributed by atoms with van der Waals surface area (Å²) in [6, 6.07) is 0.104. The number of ether oxygens (including phenoxy) is 2. The molecular formula is C26H36ClFN6O3. The van der Waals surface area contributed by atoms with Gasteiger partial charge in [0.05, 0.1) is 16.5 Å². The van der Waals surface area contributed by atoms with Gasteiger partial charge in [0.25, 0.3) is 0 Å². The van der Waals surface area contributed by atoms with Gasteiger partial charge in [0.2, 0.25) is 0 Å². The molecule has 0 radical (unpaired) electrons. The number of aromatic nitrogens is 3. The molecule has 0 spiro atoms. The Balaban J connectivity index is 1.39. The van der Waals surface area contributed by atoms with Crippen LogP contribution in [0.15, 0.2) is 6.20 Å². The third kappa shape index (κ3) is 5.02. The van der Waals surface area contributed by atoms with Crippen molar-refractivity contribution in [2.45, 2.75) is 82.4 Å². The quantitative estimate of drug-likeness (QED) is 0.495. The maximum absolute atomic E-state index is 15.0. The zero-order valence-corrected chi connectivity index (χ0v) is 22.8. The third-order valence-corrected chi connectivity index (χ3v) is 8.41. The average Bonchev–Trinajstić information content (AvgIpc) is 3.38. The standard InChI is InChI=1S/C26H36ClFN6O3/c1-24(2,3)37-23(35)33(4)25(8-5-9-25)15-30-21-17-14-29-20(27)18(28)19(17)31-22(32-21)36-16-26-10-6-12-34(26)13-7-11-26/h14H,5-13,15-16H2,1-4H3,(H,30,31,32). The molecule has 3 aliphatic rings. The van der Waals surface area contributed by atoms with Crippen LogP contribution in [0.2, 0.25) is 5.15 Å². The van der Waals surface area contributed by atoms with Crippen molar-refractivity contribution in [1.82, 2.24) is 24.8 Å². The van der Waals surface area contributed by atoms with E-state index < -0.39 is 17.0 Å². The molecule has 2 aromatic heterocycles. The summed E-state index contributed by atoms with van der Waals surface area (Å²) < 4.78 is 26.7. The van der Waals surface area contributed by atoms with Crippen LogP contribution in [0.1, 0.15) is 65.7 Å². The molecule has 2 aliphatic heterocycles. The average molecular weight is 535 g/mol. The fourth-order valence-corrected chi connectivity index (χ4v) is 6.00. The van der Waals surface area contributed by atoms with Crippen LogP contribution in [-0.2, 0) is 4.74 Å². The molecule has 1 N–H and O–H groups in total. The van der Waals surface area contributed by atoms with Gasteiger partial charge in [-0.1, -0.05) is 11.6 Å². The van der Waals surface area contributed by atoms with E-state index >= 15 is 4.39 Å². The lowest BCUT2D eigenvalue weighted by molar-refractivity contribution is -0.0117. The molecule has 202 valence electrons. The summed E-state index contributed by atoms with van der Waals surface area (Å²) in [6.07, 6.45) is 8.18. The first-order valence-electron chi connectivity index (χ1n) is 13.1. The normalized spacial score (nSPS) is 20.4. The minimum Gasteiger partial charge on any atom is -0.461 e. The Bertz CT molecular complexity index is 1180. The maximum Gasteiger partial charge on any atom is 0.410 e. The molecule has 3 fully saturated rings. The van der Waals surface area contributed by atoms with Gasteiger partial charge in [-0.25, -0.2) is 14.2 Å². The second-order valence-corrected chi connectivity index (χ2v) is 12.0. The van der Waals surface area contributed by atoms with Crippen molar-refractivity contribution in [3.8, 4) is 6.01 Å². The topological polar surface area (TPSA) is 92.7 Å². The van der Waals surface area contributed by atoms with Gasteiger partial charge in [-0.15, -0.1) is 0 Å². The van der Waals surface area contributed by atoms with Crippen LogP contribution < -0.4 is 10.1 Å². The Kier molecular flexibility index (Phi) is 6.85. The predicted molar refractivity (Wildman–Crippen MR) is 140 cm³/mol. The van der Waals surface area contributed by atoms with Crippen LogP contribution in [0.4, 0.5) is 15.0 Å². The van der Waals surface area contributed by atoms with Gasteiger partial charge in [-0.05, 0) is 78.8 Å². The summed E-state index contributed by atoms with van der Waals surface area (Å²) in [5.41, 5.74) is -0.962. The monoisotopic (exact) mass is 534 g/mol. The van der Waals surface area contributed by atoms with E-state index in [4.69, 9.17) is 21.1 Å². The minimum atomic E-state index is -0.708. The van der Waals surface area contributed by atoms with E-state index in [1.54, 1.807) is 11.9 Å². The van der Waals surface area contributed by atoms with Crippen LogP contribution in [0.3, 0.4) is 0 Å². The minimum absolute atomic E-state index is 0.00641. The summed E-state index contributed by atoms with van der Waals surface area (Å²) in [6.45, 7) is 8.58. The Morgan fingerprint density at radius 3 is 2.51 bits per heavy atom. The van der Waals surface area contributed by atoms with Crippen LogP contribution in [0, 0.1) is 5.82 Å². The molecule has 0 atom stereocenters. The molecule has 0 unspecified atom stereocenters. The first kappa shape index (κ1) is 26.2. The van der Waals surface area contributed by atoms with Gasteiger partial charge >= 0.3 is 12.1 Å². The van der Waals surface area contributed by atoms with Crippen LogP contribution in [0.5, 0.6) is 6.01 Å². The first-order chi connectivity index (χ1) is 17.5. The number of hydrogen-bond donors (Lipinski definition) is 1. The smallest absolute Gasteiger partial charge is 0.410 e. The summed E-state index contributed by atoms with van der Waals surface area (Å²) >= 11 is 5.98. The number of likely N-dealkylation sites (N-methyl/N-ethyl adjacent to an activating group) is 1. The number of carbonyl (C=O) groups excluding carboxylic acids is 1. The summed E-state index contributed by atoms with van der Waals surface area (Å²) in [5, 5.41) is 3.51. The molecule has 5 rings (SSSR count). The maximum atomic E-state index is 15.0. The number of nitrogens with zero attached hydrogens (tertiary/aromatic N) is 5. The van der Waals surface area contributed by atoms with E-state index in [1.807, 2.05) is 20.8 Å². The second kappa shape index (κ2) is 9.69. The number of rotatable bonds is 7.